The summed E-state index contributed by atoms with van der Waals surface area (Å²) < 4.78 is 0. The first-order chi connectivity index (χ1) is 6.70. The summed E-state index contributed by atoms with van der Waals surface area (Å²) in [6.07, 6.45) is 1.70. The molecule has 1 saturated heterocycles. The maximum Gasteiger partial charge on any atom is 0.320 e. The van der Waals surface area contributed by atoms with Crippen LogP contribution in [-0.4, -0.2) is 47.7 Å². The molecule has 1 unspecified atom stereocenters. The van der Waals surface area contributed by atoms with Crippen molar-refractivity contribution in [2.45, 2.75) is 38.8 Å². The maximum atomic E-state index is 11.0. The molecule has 1 fully saturated rings. The van der Waals surface area contributed by atoms with Gasteiger partial charge in [-0.3, -0.25) is 9.69 Å². The molecule has 0 aromatic heterocycles. The van der Waals surface area contributed by atoms with E-state index in [4.69, 9.17) is 5.11 Å². The molecular formula is C10H20N2O2. The number of carboxylic acids is 1. The predicted octanol–water partition coefficient (Wildman–Crippen LogP) is 0.533. The Bertz CT molecular complexity index is 193. The molecule has 4 heteroatoms. The lowest BCUT2D eigenvalue weighted by Gasteiger charge is -2.41. The Kier molecular flexibility index (Phi) is 4.35. The van der Waals surface area contributed by atoms with Gasteiger partial charge in [-0.2, -0.15) is 0 Å². The highest BCUT2D eigenvalue weighted by Gasteiger charge is 2.32. The molecule has 0 aromatic carbocycles. The normalized spacial score (nSPS) is 19.4. The van der Waals surface area contributed by atoms with E-state index < -0.39 is 5.97 Å². The summed E-state index contributed by atoms with van der Waals surface area (Å²) in [5, 5.41) is 12.3. The lowest BCUT2D eigenvalue weighted by atomic mass is 10.1. The summed E-state index contributed by atoms with van der Waals surface area (Å²) in [6, 6.07) is 0.123. The lowest BCUT2D eigenvalue weighted by Crippen LogP contribution is -2.61. The van der Waals surface area contributed by atoms with E-state index in [0.29, 0.717) is 12.5 Å². The number of hydrogen-bond donors (Lipinski definition) is 2. The first-order valence-corrected chi connectivity index (χ1v) is 5.40. The SMILES string of the molecule is CCCN(C1CNC1)C(CC)C(=O)O. The first-order valence-electron chi connectivity index (χ1n) is 5.40. The average molecular weight is 200 g/mol. The number of hydrogen-bond acceptors (Lipinski definition) is 3. The van der Waals surface area contributed by atoms with Gasteiger partial charge >= 0.3 is 5.97 Å². The molecule has 0 radical (unpaired) electrons. The minimum absolute atomic E-state index is 0.304. The summed E-state index contributed by atoms with van der Waals surface area (Å²) in [5.41, 5.74) is 0. The molecule has 0 spiro atoms. The van der Waals surface area contributed by atoms with Gasteiger partial charge in [0.15, 0.2) is 0 Å². The molecule has 4 nitrogen and oxygen atoms in total. The largest absolute Gasteiger partial charge is 0.480 e. The van der Waals surface area contributed by atoms with Gasteiger partial charge in [-0.1, -0.05) is 13.8 Å². The zero-order valence-electron chi connectivity index (χ0n) is 8.99. The highest BCUT2D eigenvalue weighted by molar-refractivity contribution is 5.73. The van der Waals surface area contributed by atoms with Crippen molar-refractivity contribution in [1.82, 2.24) is 10.2 Å². The zero-order chi connectivity index (χ0) is 10.6. The van der Waals surface area contributed by atoms with Gasteiger partial charge in [-0.15, -0.1) is 0 Å². The van der Waals surface area contributed by atoms with Crippen molar-refractivity contribution in [1.29, 1.82) is 0 Å². The van der Waals surface area contributed by atoms with Crippen LogP contribution in [0.1, 0.15) is 26.7 Å². The zero-order valence-corrected chi connectivity index (χ0v) is 8.99. The molecule has 1 heterocycles. The molecule has 0 saturated carbocycles. The summed E-state index contributed by atoms with van der Waals surface area (Å²) >= 11 is 0. The molecule has 1 aliphatic heterocycles. The monoisotopic (exact) mass is 200 g/mol. The molecule has 2 N–H and O–H groups in total. The molecule has 82 valence electrons. The van der Waals surface area contributed by atoms with Crippen LogP contribution in [0.15, 0.2) is 0 Å². The Morgan fingerprint density at radius 2 is 2.21 bits per heavy atom. The second-order valence-electron chi connectivity index (χ2n) is 3.81. The fraction of sp³-hybridized carbons (Fsp3) is 0.900. The van der Waals surface area contributed by atoms with E-state index in [-0.39, 0.29) is 6.04 Å². The van der Waals surface area contributed by atoms with Crippen LogP contribution < -0.4 is 5.32 Å². The van der Waals surface area contributed by atoms with Crippen LogP contribution >= 0.6 is 0 Å². The topological polar surface area (TPSA) is 52.6 Å². The summed E-state index contributed by atoms with van der Waals surface area (Å²) in [7, 11) is 0. The van der Waals surface area contributed by atoms with Gasteiger partial charge in [-0.05, 0) is 19.4 Å². The van der Waals surface area contributed by atoms with Crippen LogP contribution in [0.25, 0.3) is 0 Å². The predicted molar refractivity (Wildman–Crippen MR) is 55.4 cm³/mol. The van der Waals surface area contributed by atoms with E-state index >= 15 is 0 Å². The second-order valence-corrected chi connectivity index (χ2v) is 3.81. The van der Waals surface area contributed by atoms with E-state index in [1.54, 1.807) is 0 Å². The summed E-state index contributed by atoms with van der Waals surface area (Å²) in [6.45, 7) is 6.78. The number of nitrogens with zero attached hydrogens (tertiary/aromatic N) is 1. The van der Waals surface area contributed by atoms with E-state index in [1.165, 1.54) is 0 Å². The molecule has 0 aromatic rings. The Labute approximate surface area is 85.3 Å². The van der Waals surface area contributed by atoms with Crippen LogP contribution in [0.2, 0.25) is 0 Å². The number of rotatable bonds is 6. The van der Waals surface area contributed by atoms with Crippen molar-refractivity contribution >= 4 is 5.97 Å². The highest BCUT2D eigenvalue weighted by atomic mass is 16.4. The van der Waals surface area contributed by atoms with Crippen LogP contribution in [0.5, 0.6) is 0 Å². The van der Waals surface area contributed by atoms with E-state index in [0.717, 1.165) is 26.1 Å². The van der Waals surface area contributed by atoms with Gasteiger partial charge in [0.2, 0.25) is 0 Å². The number of nitrogens with one attached hydrogen (secondary N) is 1. The van der Waals surface area contributed by atoms with Crippen LogP contribution in [0.4, 0.5) is 0 Å². The minimum Gasteiger partial charge on any atom is -0.480 e. The van der Waals surface area contributed by atoms with Gasteiger partial charge in [0, 0.05) is 19.1 Å². The molecule has 14 heavy (non-hydrogen) atoms. The number of carbonyl (C=O) groups is 1. The number of carboxylic acid groups (broad SMARTS) is 1. The third-order valence-electron chi connectivity index (χ3n) is 2.78. The van der Waals surface area contributed by atoms with Crippen molar-refractivity contribution in [2.24, 2.45) is 0 Å². The standard InChI is InChI=1S/C10H20N2O2/c1-3-5-12(8-6-11-7-8)9(4-2)10(13)14/h8-9,11H,3-7H2,1-2H3,(H,13,14). The highest BCUT2D eigenvalue weighted by Crippen LogP contribution is 2.13. The Morgan fingerprint density at radius 3 is 2.50 bits per heavy atom. The van der Waals surface area contributed by atoms with Gasteiger partial charge in [0.05, 0.1) is 0 Å². The lowest BCUT2D eigenvalue weighted by molar-refractivity contribution is -0.145. The Morgan fingerprint density at radius 1 is 1.57 bits per heavy atom. The summed E-state index contributed by atoms with van der Waals surface area (Å²) in [4.78, 5) is 13.2. The van der Waals surface area contributed by atoms with Crippen LogP contribution in [-0.2, 0) is 4.79 Å². The fourth-order valence-corrected chi connectivity index (χ4v) is 1.91. The van der Waals surface area contributed by atoms with E-state index in [2.05, 4.69) is 17.1 Å². The van der Waals surface area contributed by atoms with Crippen molar-refractivity contribution in [2.75, 3.05) is 19.6 Å². The van der Waals surface area contributed by atoms with E-state index in [9.17, 15) is 4.79 Å². The maximum absolute atomic E-state index is 11.0. The quantitative estimate of drug-likeness (QED) is 0.657. The van der Waals surface area contributed by atoms with Gasteiger partial charge in [0.1, 0.15) is 6.04 Å². The molecule has 0 bridgehead atoms. The van der Waals surface area contributed by atoms with Crippen molar-refractivity contribution < 1.29 is 9.90 Å². The Balaban J connectivity index is 2.57. The molecular weight excluding hydrogens is 180 g/mol. The van der Waals surface area contributed by atoms with Gasteiger partial charge in [-0.25, -0.2) is 0 Å². The van der Waals surface area contributed by atoms with Crippen molar-refractivity contribution in [3.63, 3.8) is 0 Å². The summed E-state index contributed by atoms with van der Waals surface area (Å²) in [5.74, 6) is -0.687. The third-order valence-corrected chi connectivity index (χ3v) is 2.78. The van der Waals surface area contributed by atoms with Gasteiger partial charge < -0.3 is 10.4 Å². The molecule has 1 atom stereocenters. The van der Waals surface area contributed by atoms with E-state index in [1.807, 2.05) is 6.92 Å². The molecule has 1 rings (SSSR count). The first kappa shape index (κ1) is 11.5. The van der Waals surface area contributed by atoms with Crippen LogP contribution in [0.3, 0.4) is 0 Å². The minimum atomic E-state index is -0.687. The van der Waals surface area contributed by atoms with Crippen molar-refractivity contribution in [3.05, 3.63) is 0 Å². The fourth-order valence-electron chi connectivity index (χ4n) is 1.91. The number of aliphatic carboxylic acids is 1. The molecule has 0 amide bonds. The van der Waals surface area contributed by atoms with Crippen LogP contribution in [0, 0.1) is 0 Å². The molecule has 0 aliphatic carbocycles. The molecule has 1 aliphatic rings. The Hall–Kier alpha value is -0.610. The van der Waals surface area contributed by atoms with Crippen molar-refractivity contribution in [3.8, 4) is 0 Å². The second kappa shape index (κ2) is 5.32. The van der Waals surface area contributed by atoms with Gasteiger partial charge in [0.25, 0.3) is 0 Å². The smallest absolute Gasteiger partial charge is 0.320 e. The third kappa shape index (κ3) is 2.45. The average Bonchev–Trinajstić information content (AvgIpc) is 2.01.